The van der Waals surface area contributed by atoms with Crippen LogP contribution in [0.1, 0.15) is 25.2 Å². The molecule has 0 spiro atoms. The molecule has 0 aliphatic rings. The molecule has 0 amide bonds. The molecule has 0 saturated heterocycles. The molecule has 2 rings (SSSR count). The number of aromatic nitrogens is 2. The van der Waals surface area contributed by atoms with Crippen molar-refractivity contribution in [2.75, 3.05) is 14.1 Å². The number of hydrogen-bond acceptors (Lipinski definition) is 3. The number of halogens is 2. The fourth-order valence-corrected chi connectivity index (χ4v) is 2.73. The van der Waals surface area contributed by atoms with E-state index >= 15 is 0 Å². The SMILES string of the molecule is CN=C(NCc1nccn1CC(C)C)N(C)Cc1ccc(OC(F)F)cc1. The summed E-state index contributed by atoms with van der Waals surface area (Å²) in [7, 11) is 3.64. The third kappa shape index (κ3) is 6.54. The Bertz CT molecular complexity index is 728. The first-order valence-corrected chi connectivity index (χ1v) is 8.84. The molecule has 0 aliphatic carbocycles. The summed E-state index contributed by atoms with van der Waals surface area (Å²) in [5.74, 6) is 2.36. The molecule has 0 unspecified atom stereocenters. The lowest BCUT2D eigenvalue weighted by Crippen LogP contribution is -2.38. The van der Waals surface area contributed by atoms with E-state index in [2.05, 4.69) is 38.4 Å². The number of ether oxygens (including phenoxy) is 1. The molecular formula is C19H27F2N5O. The molecule has 1 heterocycles. The quantitative estimate of drug-likeness (QED) is 0.565. The Morgan fingerprint density at radius 3 is 2.59 bits per heavy atom. The van der Waals surface area contributed by atoms with Crippen molar-refractivity contribution >= 4 is 5.96 Å². The highest BCUT2D eigenvalue weighted by molar-refractivity contribution is 5.79. The van der Waals surface area contributed by atoms with Crippen LogP contribution in [0.4, 0.5) is 8.78 Å². The average Bonchev–Trinajstić information content (AvgIpc) is 3.03. The average molecular weight is 379 g/mol. The van der Waals surface area contributed by atoms with Gasteiger partial charge in [-0.3, -0.25) is 4.99 Å². The number of nitrogens with one attached hydrogen (secondary N) is 1. The number of benzene rings is 1. The van der Waals surface area contributed by atoms with Gasteiger partial charge in [-0.05, 0) is 23.6 Å². The zero-order valence-electron chi connectivity index (χ0n) is 16.2. The van der Waals surface area contributed by atoms with Crippen molar-refractivity contribution < 1.29 is 13.5 Å². The summed E-state index contributed by atoms with van der Waals surface area (Å²) >= 11 is 0. The topological polar surface area (TPSA) is 54.7 Å². The highest BCUT2D eigenvalue weighted by Gasteiger charge is 2.10. The molecule has 0 saturated carbocycles. The summed E-state index contributed by atoms with van der Waals surface area (Å²) in [5, 5.41) is 3.31. The van der Waals surface area contributed by atoms with Crippen LogP contribution in [-0.4, -0.2) is 41.1 Å². The zero-order valence-corrected chi connectivity index (χ0v) is 16.2. The van der Waals surface area contributed by atoms with E-state index in [-0.39, 0.29) is 5.75 Å². The van der Waals surface area contributed by atoms with Crippen molar-refractivity contribution in [2.24, 2.45) is 10.9 Å². The smallest absolute Gasteiger partial charge is 0.387 e. The standard InChI is InChI=1S/C19H27F2N5O/c1-14(2)12-26-10-9-23-17(26)11-24-19(22-3)25(4)13-15-5-7-16(8-6-15)27-18(20)21/h5-10,14,18H,11-13H2,1-4H3,(H,22,24). The van der Waals surface area contributed by atoms with Gasteiger partial charge in [-0.15, -0.1) is 0 Å². The number of aliphatic imine (C=N–C) groups is 1. The van der Waals surface area contributed by atoms with E-state index < -0.39 is 6.61 Å². The lowest BCUT2D eigenvalue weighted by atomic mass is 10.2. The molecule has 27 heavy (non-hydrogen) atoms. The second-order valence-corrected chi connectivity index (χ2v) is 6.67. The minimum atomic E-state index is -2.81. The maximum Gasteiger partial charge on any atom is 0.387 e. The minimum absolute atomic E-state index is 0.149. The fraction of sp³-hybridized carbons (Fsp3) is 0.474. The van der Waals surface area contributed by atoms with E-state index in [1.807, 2.05) is 18.1 Å². The molecular weight excluding hydrogens is 352 g/mol. The molecule has 0 atom stereocenters. The second kappa shape index (κ2) is 9.89. The lowest BCUT2D eigenvalue weighted by Gasteiger charge is -2.22. The van der Waals surface area contributed by atoms with E-state index in [1.54, 1.807) is 25.4 Å². The zero-order chi connectivity index (χ0) is 19.8. The molecule has 0 radical (unpaired) electrons. The van der Waals surface area contributed by atoms with Crippen molar-refractivity contribution in [1.29, 1.82) is 0 Å². The third-order valence-electron chi connectivity index (χ3n) is 3.91. The summed E-state index contributed by atoms with van der Waals surface area (Å²) in [5.41, 5.74) is 0.961. The van der Waals surface area contributed by atoms with Crippen LogP contribution < -0.4 is 10.1 Å². The fourth-order valence-electron chi connectivity index (χ4n) is 2.73. The van der Waals surface area contributed by atoms with Crippen LogP contribution in [0.3, 0.4) is 0 Å². The largest absolute Gasteiger partial charge is 0.435 e. The Morgan fingerprint density at radius 1 is 1.30 bits per heavy atom. The molecule has 0 aliphatic heterocycles. The lowest BCUT2D eigenvalue weighted by molar-refractivity contribution is -0.0498. The van der Waals surface area contributed by atoms with Crippen LogP contribution in [0.5, 0.6) is 5.75 Å². The molecule has 2 aromatic rings. The summed E-state index contributed by atoms with van der Waals surface area (Å²) in [6.45, 7) is 3.58. The van der Waals surface area contributed by atoms with Gasteiger partial charge in [0.05, 0.1) is 6.54 Å². The molecule has 1 aromatic heterocycles. The first-order chi connectivity index (χ1) is 12.9. The first-order valence-electron chi connectivity index (χ1n) is 8.84. The molecule has 148 valence electrons. The van der Waals surface area contributed by atoms with Crippen molar-refractivity contribution in [1.82, 2.24) is 19.8 Å². The van der Waals surface area contributed by atoms with Gasteiger partial charge < -0.3 is 19.5 Å². The van der Waals surface area contributed by atoms with Crippen LogP contribution in [0.15, 0.2) is 41.7 Å². The van der Waals surface area contributed by atoms with E-state index in [4.69, 9.17) is 0 Å². The number of guanidine groups is 1. The van der Waals surface area contributed by atoms with Gasteiger partial charge in [0.1, 0.15) is 11.6 Å². The number of alkyl halides is 2. The number of hydrogen-bond donors (Lipinski definition) is 1. The molecule has 0 fully saturated rings. The second-order valence-electron chi connectivity index (χ2n) is 6.67. The molecule has 0 bridgehead atoms. The monoisotopic (exact) mass is 379 g/mol. The van der Waals surface area contributed by atoms with Gasteiger partial charge in [0.25, 0.3) is 0 Å². The van der Waals surface area contributed by atoms with Gasteiger partial charge in [0, 0.05) is 39.6 Å². The Labute approximate surface area is 158 Å². The van der Waals surface area contributed by atoms with Crippen LogP contribution in [-0.2, 0) is 19.6 Å². The summed E-state index contributed by atoms with van der Waals surface area (Å²) in [4.78, 5) is 10.7. The molecule has 6 nitrogen and oxygen atoms in total. The van der Waals surface area contributed by atoms with Gasteiger partial charge in [-0.2, -0.15) is 8.78 Å². The molecule has 1 aromatic carbocycles. The first kappa shape index (κ1) is 20.7. The Hall–Kier alpha value is -2.64. The predicted octanol–water partition coefficient (Wildman–Crippen LogP) is 3.35. The van der Waals surface area contributed by atoms with Crippen molar-refractivity contribution in [3.63, 3.8) is 0 Å². The van der Waals surface area contributed by atoms with Gasteiger partial charge in [0.15, 0.2) is 5.96 Å². The minimum Gasteiger partial charge on any atom is -0.435 e. The van der Waals surface area contributed by atoms with Crippen LogP contribution in [0.2, 0.25) is 0 Å². The summed E-state index contributed by atoms with van der Waals surface area (Å²) < 4.78 is 30.9. The summed E-state index contributed by atoms with van der Waals surface area (Å²) in [6, 6.07) is 6.59. The van der Waals surface area contributed by atoms with E-state index in [0.717, 1.165) is 23.9 Å². The molecule has 1 N–H and O–H groups in total. The maximum absolute atomic E-state index is 12.2. The number of rotatable bonds is 8. The Morgan fingerprint density at radius 2 is 2.00 bits per heavy atom. The van der Waals surface area contributed by atoms with E-state index in [0.29, 0.717) is 19.0 Å². The van der Waals surface area contributed by atoms with E-state index in [9.17, 15) is 8.78 Å². The summed E-state index contributed by atoms with van der Waals surface area (Å²) in [6.07, 6.45) is 3.78. The Balaban J connectivity index is 1.92. The van der Waals surface area contributed by atoms with Crippen molar-refractivity contribution in [3.05, 3.63) is 48.0 Å². The van der Waals surface area contributed by atoms with Crippen LogP contribution in [0.25, 0.3) is 0 Å². The third-order valence-corrected chi connectivity index (χ3v) is 3.91. The van der Waals surface area contributed by atoms with Gasteiger partial charge in [-0.25, -0.2) is 4.98 Å². The van der Waals surface area contributed by atoms with E-state index in [1.165, 1.54) is 12.1 Å². The van der Waals surface area contributed by atoms with Gasteiger partial charge in [-0.1, -0.05) is 26.0 Å². The maximum atomic E-state index is 12.2. The highest BCUT2D eigenvalue weighted by atomic mass is 19.3. The van der Waals surface area contributed by atoms with Crippen LogP contribution in [0, 0.1) is 5.92 Å². The molecule has 8 heteroatoms. The number of nitrogens with zero attached hydrogens (tertiary/aromatic N) is 4. The van der Waals surface area contributed by atoms with Crippen molar-refractivity contribution in [2.45, 2.75) is 40.1 Å². The van der Waals surface area contributed by atoms with Gasteiger partial charge in [0.2, 0.25) is 0 Å². The van der Waals surface area contributed by atoms with Crippen molar-refractivity contribution in [3.8, 4) is 5.75 Å². The number of imidazole rings is 1. The normalized spacial score (nSPS) is 11.9. The van der Waals surface area contributed by atoms with Crippen LogP contribution >= 0.6 is 0 Å². The Kier molecular flexibility index (Phi) is 7.57. The van der Waals surface area contributed by atoms with Gasteiger partial charge >= 0.3 is 6.61 Å². The highest BCUT2D eigenvalue weighted by Crippen LogP contribution is 2.15. The predicted molar refractivity (Wildman–Crippen MR) is 102 cm³/mol.